The van der Waals surface area contributed by atoms with Gasteiger partial charge in [0.05, 0.1) is 24.0 Å². The average molecular weight is 380 g/mol. The van der Waals surface area contributed by atoms with Crippen LogP contribution in [0.5, 0.6) is 0 Å². The first kappa shape index (κ1) is 18.6. The quantitative estimate of drug-likeness (QED) is 0.651. The van der Waals surface area contributed by atoms with E-state index in [1.165, 1.54) is 10.9 Å². The number of aromatic nitrogens is 3. The van der Waals surface area contributed by atoms with Crippen molar-refractivity contribution in [3.63, 3.8) is 0 Å². The van der Waals surface area contributed by atoms with Gasteiger partial charge in [0.1, 0.15) is 16.8 Å². The standard InChI is InChI=1S/C20H18ClN5O/c1-13-9-14(2)26(20(27)17(13)10-22)23-11-18-15(3)24-25(19(18)21)12-16-7-5-4-6-8-16/h4-9,11H,12H2,1-3H3/b23-11+. The van der Waals surface area contributed by atoms with Gasteiger partial charge in [-0.05, 0) is 38.0 Å². The molecule has 3 aromatic rings. The van der Waals surface area contributed by atoms with E-state index in [1.54, 1.807) is 24.6 Å². The van der Waals surface area contributed by atoms with Crippen LogP contribution in [-0.4, -0.2) is 20.7 Å². The van der Waals surface area contributed by atoms with Crippen molar-refractivity contribution in [2.24, 2.45) is 5.10 Å². The Bertz CT molecular complexity index is 1120. The number of pyridine rings is 1. The van der Waals surface area contributed by atoms with Gasteiger partial charge in [-0.25, -0.2) is 9.36 Å². The number of halogens is 1. The van der Waals surface area contributed by atoms with Crippen molar-refractivity contribution in [3.05, 3.63) is 85.5 Å². The van der Waals surface area contributed by atoms with Crippen molar-refractivity contribution in [1.82, 2.24) is 14.5 Å². The molecule has 0 aliphatic rings. The molecule has 6 nitrogen and oxygen atoms in total. The highest BCUT2D eigenvalue weighted by Crippen LogP contribution is 2.19. The number of hydrogen-bond acceptors (Lipinski definition) is 4. The average Bonchev–Trinajstić information content (AvgIpc) is 2.89. The molecule has 0 N–H and O–H groups in total. The lowest BCUT2D eigenvalue weighted by molar-refractivity contribution is 0.680. The minimum absolute atomic E-state index is 0.0836. The van der Waals surface area contributed by atoms with E-state index in [1.807, 2.05) is 43.3 Å². The summed E-state index contributed by atoms with van der Waals surface area (Å²) in [6.07, 6.45) is 1.51. The molecule has 2 heterocycles. The SMILES string of the molecule is Cc1cc(C)n(/N=C/c2c(C)nn(Cc3ccccc3)c2Cl)c(=O)c1C#N. The molecule has 0 spiro atoms. The van der Waals surface area contributed by atoms with Crippen LogP contribution in [0.1, 0.15) is 33.6 Å². The summed E-state index contributed by atoms with van der Waals surface area (Å²) in [4.78, 5) is 12.5. The van der Waals surface area contributed by atoms with Gasteiger partial charge in [0.15, 0.2) is 0 Å². The third-order valence-electron chi connectivity index (χ3n) is 4.26. The maximum absolute atomic E-state index is 12.5. The smallest absolute Gasteiger partial charge is 0.266 e. The molecule has 0 fully saturated rings. The Morgan fingerprint density at radius 2 is 1.96 bits per heavy atom. The van der Waals surface area contributed by atoms with Gasteiger partial charge in [-0.3, -0.25) is 4.79 Å². The van der Waals surface area contributed by atoms with Gasteiger partial charge in [-0.2, -0.15) is 15.5 Å². The van der Waals surface area contributed by atoms with Crippen LogP contribution < -0.4 is 5.56 Å². The summed E-state index contributed by atoms with van der Waals surface area (Å²) in [6, 6.07) is 13.6. The second-order valence-electron chi connectivity index (χ2n) is 6.25. The minimum Gasteiger partial charge on any atom is -0.266 e. The third-order valence-corrected chi connectivity index (χ3v) is 4.66. The highest BCUT2D eigenvalue weighted by molar-refractivity contribution is 6.32. The summed E-state index contributed by atoms with van der Waals surface area (Å²) >= 11 is 6.48. The fourth-order valence-electron chi connectivity index (χ4n) is 2.85. The lowest BCUT2D eigenvalue weighted by Gasteiger charge is -2.06. The van der Waals surface area contributed by atoms with Gasteiger partial charge >= 0.3 is 0 Å². The van der Waals surface area contributed by atoms with Crippen molar-refractivity contribution in [1.29, 1.82) is 5.26 Å². The summed E-state index contributed by atoms with van der Waals surface area (Å²) in [7, 11) is 0. The van der Waals surface area contributed by atoms with Gasteiger partial charge in [0.2, 0.25) is 0 Å². The zero-order valence-electron chi connectivity index (χ0n) is 15.3. The zero-order chi connectivity index (χ0) is 19.6. The second-order valence-corrected chi connectivity index (χ2v) is 6.61. The van der Waals surface area contributed by atoms with Gasteiger partial charge < -0.3 is 0 Å². The molecule has 0 radical (unpaired) electrons. The molecule has 0 aliphatic heterocycles. The molecule has 3 rings (SSSR count). The second kappa shape index (κ2) is 7.60. The van der Waals surface area contributed by atoms with Crippen LogP contribution >= 0.6 is 11.6 Å². The highest BCUT2D eigenvalue weighted by Gasteiger charge is 2.13. The van der Waals surface area contributed by atoms with Crippen molar-refractivity contribution in [3.8, 4) is 6.07 Å². The summed E-state index contributed by atoms with van der Waals surface area (Å²) in [5.41, 5.74) is 3.33. The zero-order valence-corrected chi connectivity index (χ0v) is 16.0. The molecule has 0 amide bonds. The highest BCUT2D eigenvalue weighted by atomic mass is 35.5. The number of rotatable bonds is 4. The third kappa shape index (κ3) is 3.69. The number of benzene rings is 1. The van der Waals surface area contributed by atoms with Crippen LogP contribution in [0.15, 0.2) is 46.3 Å². The number of nitrogens with zero attached hydrogens (tertiary/aromatic N) is 5. The Balaban J connectivity index is 1.98. The van der Waals surface area contributed by atoms with Crippen LogP contribution in [0, 0.1) is 32.1 Å². The Morgan fingerprint density at radius 1 is 1.26 bits per heavy atom. The van der Waals surface area contributed by atoms with Crippen molar-refractivity contribution in [2.45, 2.75) is 27.3 Å². The number of aryl methyl sites for hydroxylation is 3. The van der Waals surface area contributed by atoms with E-state index in [0.717, 1.165) is 5.56 Å². The molecule has 1 aromatic carbocycles. The fraction of sp³-hybridized carbons (Fsp3) is 0.200. The van der Waals surface area contributed by atoms with E-state index < -0.39 is 5.56 Å². The predicted molar refractivity (Wildman–Crippen MR) is 105 cm³/mol. The van der Waals surface area contributed by atoms with E-state index in [0.29, 0.717) is 34.2 Å². The van der Waals surface area contributed by atoms with Crippen LogP contribution in [0.3, 0.4) is 0 Å². The molecular weight excluding hydrogens is 362 g/mol. The van der Waals surface area contributed by atoms with Crippen molar-refractivity contribution >= 4 is 17.8 Å². The largest absolute Gasteiger partial charge is 0.289 e. The molecule has 0 bridgehead atoms. The van der Waals surface area contributed by atoms with E-state index in [-0.39, 0.29) is 5.56 Å². The van der Waals surface area contributed by atoms with Gasteiger partial charge in [-0.15, -0.1) is 0 Å². The molecule has 0 saturated heterocycles. The topological polar surface area (TPSA) is 76.0 Å². The molecule has 0 saturated carbocycles. The summed E-state index contributed by atoms with van der Waals surface area (Å²) in [6.45, 7) is 5.87. The lowest BCUT2D eigenvalue weighted by Crippen LogP contribution is -2.22. The molecule has 2 aromatic heterocycles. The summed E-state index contributed by atoms with van der Waals surface area (Å²) < 4.78 is 2.90. The Labute approximate surface area is 161 Å². The van der Waals surface area contributed by atoms with Crippen LogP contribution in [0.4, 0.5) is 0 Å². The van der Waals surface area contributed by atoms with E-state index in [2.05, 4.69) is 10.2 Å². The molecule has 136 valence electrons. The maximum Gasteiger partial charge on any atom is 0.289 e. The van der Waals surface area contributed by atoms with Crippen molar-refractivity contribution in [2.75, 3.05) is 0 Å². The molecule has 7 heteroatoms. The van der Waals surface area contributed by atoms with E-state index >= 15 is 0 Å². The van der Waals surface area contributed by atoms with Crippen LogP contribution in [0.2, 0.25) is 5.15 Å². The Kier molecular flexibility index (Phi) is 5.24. The first-order valence-electron chi connectivity index (χ1n) is 8.37. The lowest BCUT2D eigenvalue weighted by atomic mass is 10.1. The van der Waals surface area contributed by atoms with E-state index in [4.69, 9.17) is 11.6 Å². The molecular formula is C20H18ClN5O. The summed E-state index contributed by atoms with van der Waals surface area (Å²) in [5.74, 6) is 0. The van der Waals surface area contributed by atoms with Crippen LogP contribution in [0.25, 0.3) is 0 Å². The van der Waals surface area contributed by atoms with Gasteiger partial charge in [0.25, 0.3) is 5.56 Å². The molecule has 27 heavy (non-hydrogen) atoms. The van der Waals surface area contributed by atoms with Crippen LogP contribution in [-0.2, 0) is 6.54 Å². The Morgan fingerprint density at radius 3 is 2.63 bits per heavy atom. The first-order chi connectivity index (χ1) is 12.9. The predicted octanol–water partition coefficient (Wildman–Crippen LogP) is 3.43. The van der Waals surface area contributed by atoms with Gasteiger partial charge in [-0.1, -0.05) is 41.9 Å². The number of hydrogen-bond donors (Lipinski definition) is 0. The van der Waals surface area contributed by atoms with Gasteiger partial charge in [0, 0.05) is 5.69 Å². The maximum atomic E-state index is 12.5. The normalized spacial score (nSPS) is 11.1. The Hall–Kier alpha value is -3.17. The minimum atomic E-state index is -0.447. The number of nitriles is 1. The first-order valence-corrected chi connectivity index (χ1v) is 8.74. The van der Waals surface area contributed by atoms with E-state index in [9.17, 15) is 10.1 Å². The molecule has 0 unspecified atom stereocenters. The molecule has 0 aliphatic carbocycles. The summed E-state index contributed by atoms with van der Waals surface area (Å²) in [5, 5.41) is 18.3. The fourth-order valence-corrected chi connectivity index (χ4v) is 3.13. The monoisotopic (exact) mass is 379 g/mol. The van der Waals surface area contributed by atoms with Crippen molar-refractivity contribution < 1.29 is 0 Å². The molecule has 0 atom stereocenters.